The first-order chi connectivity index (χ1) is 11.6. The van der Waals surface area contributed by atoms with Gasteiger partial charge in [-0.1, -0.05) is 12.1 Å². The van der Waals surface area contributed by atoms with E-state index in [4.69, 9.17) is 0 Å². The Bertz CT molecular complexity index is 747. The van der Waals surface area contributed by atoms with Gasteiger partial charge in [-0.25, -0.2) is 0 Å². The fourth-order valence-corrected chi connectivity index (χ4v) is 2.91. The third kappa shape index (κ3) is 3.89. The Morgan fingerprint density at radius 2 is 2.21 bits per heavy atom. The molecule has 3 rings (SSSR count). The van der Waals surface area contributed by atoms with Crippen molar-refractivity contribution >= 4 is 22.7 Å². The number of nitrogens with one attached hydrogen (secondary N) is 1. The van der Waals surface area contributed by atoms with Crippen LogP contribution in [0.5, 0.6) is 0 Å². The van der Waals surface area contributed by atoms with Gasteiger partial charge in [0.05, 0.1) is 12.1 Å². The Hall–Kier alpha value is -2.47. The minimum Gasteiger partial charge on any atom is -0.383 e. The quantitative estimate of drug-likeness (QED) is 0.885. The summed E-state index contributed by atoms with van der Waals surface area (Å²) in [7, 11) is 0. The molecule has 1 saturated heterocycles. The molecule has 6 nitrogen and oxygen atoms in total. The summed E-state index contributed by atoms with van der Waals surface area (Å²) in [5.41, 5.74) is 1.89. The fraction of sp³-hybridized carbons (Fsp3) is 0.389. The number of pyridine rings is 1. The summed E-state index contributed by atoms with van der Waals surface area (Å²) in [4.78, 5) is 29.8. The number of amides is 2. The van der Waals surface area contributed by atoms with Crippen molar-refractivity contribution in [2.24, 2.45) is 0 Å². The second-order valence-electron chi connectivity index (χ2n) is 6.08. The molecule has 1 unspecified atom stereocenters. The highest BCUT2D eigenvalue weighted by Gasteiger charge is 2.26. The zero-order chi connectivity index (χ0) is 16.9. The van der Waals surface area contributed by atoms with Crippen molar-refractivity contribution in [3.05, 3.63) is 42.1 Å². The Balaban J connectivity index is 1.57. The Morgan fingerprint density at radius 3 is 3.08 bits per heavy atom. The molecule has 1 atom stereocenters. The third-order valence-electron chi connectivity index (χ3n) is 4.24. The maximum atomic E-state index is 12.1. The van der Waals surface area contributed by atoms with Crippen molar-refractivity contribution in [2.45, 2.75) is 31.9 Å². The summed E-state index contributed by atoms with van der Waals surface area (Å²) in [5, 5.41) is 13.6. The van der Waals surface area contributed by atoms with Gasteiger partial charge >= 0.3 is 0 Å². The van der Waals surface area contributed by atoms with Crippen molar-refractivity contribution in [1.29, 1.82) is 0 Å². The van der Waals surface area contributed by atoms with E-state index in [1.54, 1.807) is 6.20 Å². The van der Waals surface area contributed by atoms with Crippen molar-refractivity contribution in [3.63, 3.8) is 0 Å². The number of benzene rings is 1. The lowest BCUT2D eigenvalue weighted by atomic mass is 10.1. The molecule has 6 heteroatoms. The van der Waals surface area contributed by atoms with Crippen LogP contribution in [0.25, 0.3) is 10.9 Å². The molecule has 2 aromatic rings. The zero-order valence-corrected chi connectivity index (χ0v) is 13.4. The largest absolute Gasteiger partial charge is 0.383 e. The Morgan fingerprint density at radius 1 is 1.33 bits per heavy atom. The molecule has 2 N–H and O–H groups in total. The number of aromatic nitrogens is 1. The van der Waals surface area contributed by atoms with Crippen LogP contribution in [-0.4, -0.2) is 46.0 Å². The van der Waals surface area contributed by atoms with E-state index in [1.165, 1.54) is 4.90 Å². The van der Waals surface area contributed by atoms with E-state index in [0.29, 0.717) is 19.5 Å². The number of fused-ring (bicyclic) bond motifs is 1. The van der Waals surface area contributed by atoms with Gasteiger partial charge in [-0.15, -0.1) is 0 Å². The van der Waals surface area contributed by atoms with E-state index in [-0.39, 0.29) is 18.4 Å². The van der Waals surface area contributed by atoms with Crippen LogP contribution in [-0.2, 0) is 16.1 Å². The minimum absolute atomic E-state index is 0.00890. The van der Waals surface area contributed by atoms with Crippen LogP contribution in [0.15, 0.2) is 36.5 Å². The molecule has 1 aromatic heterocycles. The van der Waals surface area contributed by atoms with E-state index in [9.17, 15) is 14.7 Å². The number of hydrogen-bond donors (Lipinski definition) is 2. The molecule has 0 saturated carbocycles. The van der Waals surface area contributed by atoms with Gasteiger partial charge in [0, 0.05) is 24.7 Å². The first-order valence-electron chi connectivity index (χ1n) is 8.21. The number of likely N-dealkylation sites (tertiary alicyclic amines) is 1. The van der Waals surface area contributed by atoms with Gasteiger partial charge in [-0.3, -0.25) is 14.6 Å². The molecule has 2 heterocycles. The summed E-state index contributed by atoms with van der Waals surface area (Å²) in [6.45, 7) is 0.907. The van der Waals surface area contributed by atoms with Crippen molar-refractivity contribution in [1.82, 2.24) is 15.2 Å². The molecule has 0 aliphatic carbocycles. The number of hydrogen-bond acceptors (Lipinski definition) is 4. The van der Waals surface area contributed by atoms with Crippen LogP contribution in [0, 0.1) is 0 Å². The van der Waals surface area contributed by atoms with Crippen LogP contribution in [0.2, 0.25) is 0 Å². The summed E-state index contributed by atoms with van der Waals surface area (Å²) in [6, 6.07) is 9.69. The highest BCUT2D eigenvalue weighted by atomic mass is 16.3. The number of aliphatic hydroxyl groups is 1. The van der Waals surface area contributed by atoms with Crippen LogP contribution < -0.4 is 5.32 Å². The molecule has 1 aromatic carbocycles. The van der Waals surface area contributed by atoms with Gasteiger partial charge in [-0.05, 0) is 43.0 Å². The zero-order valence-electron chi connectivity index (χ0n) is 13.4. The molecule has 2 amide bonds. The average Bonchev–Trinajstić information content (AvgIpc) is 2.75. The Kier molecular flexibility index (Phi) is 5.05. The van der Waals surface area contributed by atoms with Gasteiger partial charge in [-0.2, -0.15) is 0 Å². The summed E-state index contributed by atoms with van der Waals surface area (Å²) in [5.74, 6) is -0.567. The molecule has 0 spiro atoms. The summed E-state index contributed by atoms with van der Waals surface area (Å²) in [6.07, 6.45) is 2.86. The SMILES string of the molecule is O=C(CN1CCCCC(O)C1=O)NCc1ccc2ncccc2c1. The molecule has 24 heavy (non-hydrogen) atoms. The van der Waals surface area contributed by atoms with Gasteiger partial charge < -0.3 is 15.3 Å². The van der Waals surface area contributed by atoms with E-state index in [0.717, 1.165) is 29.3 Å². The van der Waals surface area contributed by atoms with Crippen LogP contribution in [0.1, 0.15) is 24.8 Å². The van der Waals surface area contributed by atoms with Crippen molar-refractivity contribution < 1.29 is 14.7 Å². The maximum absolute atomic E-state index is 12.1. The number of aliphatic hydroxyl groups excluding tert-OH is 1. The number of carbonyl (C=O) groups is 2. The summed E-state index contributed by atoms with van der Waals surface area (Å²) < 4.78 is 0. The second kappa shape index (κ2) is 7.40. The van der Waals surface area contributed by atoms with Gasteiger partial charge in [0.2, 0.25) is 5.91 Å². The highest BCUT2D eigenvalue weighted by Crippen LogP contribution is 2.14. The third-order valence-corrected chi connectivity index (χ3v) is 4.24. The minimum atomic E-state index is -0.978. The molecule has 1 aliphatic heterocycles. The highest BCUT2D eigenvalue weighted by molar-refractivity contribution is 5.87. The van der Waals surface area contributed by atoms with Gasteiger partial charge in [0.25, 0.3) is 5.91 Å². The molecule has 126 valence electrons. The second-order valence-corrected chi connectivity index (χ2v) is 6.08. The first kappa shape index (κ1) is 16.4. The summed E-state index contributed by atoms with van der Waals surface area (Å²) >= 11 is 0. The molecule has 1 aliphatic rings. The normalized spacial score (nSPS) is 18.5. The molecular formula is C18H21N3O3. The lowest BCUT2D eigenvalue weighted by Crippen LogP contribution is -2.44. The van der Waals surface area contributed by atoms with E-state index in [2.05, 4.69) is 10.3 Å². The predicted octanol–water partition coefficient (Wildman–Crippen LogP) is 1.22. The Labute approximate surface area is 140 Å². The van der Waals surface area contributed by atoms with Crippen molar-refractivity contribution in [3.8, 4) is 0 Å². The van der Waals surface area contributed by atoms with Gasteiger partial charge in [0.15, 0.2) is 0 Å². The van der Waals surface area contributed by atoms with E-state index >= 15 is 0 Å². The molecule has 0 radical (unpaired) electrons. The lowest BCUT2D eigenvalue weighted by molar-refractivity contribution is -0.142. The van der Waals surface area contributed by atoms with Crippen LogP contribution >= 0.6 is 0 Å². The molecule has 1 fully saturated rings. The van der Waals surface area contributed by atoms with Crippen LogP contribution in [0.4, 0.5) is 0 Å². The number of rotatable bonds is 4. The van der Waals surface area contributed by atoms with Crippen molar-refractivity contribution in [2.75, 3.05) is 13.1 Å². The number of nitrogens with zero attached hydrogens (tertiary/aromatic N) is 2. The first-order valence-corrected chi connectivity index (χ1v) is 8.21. The predicted molar refractivity (Wildman–Crippen MR) is 90.0 cm³/mol. The molecule has 0 bridgehead atoms. The smallest absolute Gasteiger partial charge is 0.251 e. The van der Waals surface area contributed by atoms with Gasteiger partial charge in [0.1, 0.15) is 6.10 Å². The monoisotopic (exact) mass is 327 g/mol. The van der Waals surface area contributed by atoms with Crippen LogP contribution in [0.3, 0.4) is 0 Å². The fourth-order valence-electron chi connectivity index (χ4n) is 2.91. The topological polar surface area (TPSA) is 82.5 Å². The molecular weight excluding hydrogens is 306 g/mol. The standard InChI is InChI=1S/C18H21N3O3/c22-16-5-1-2-9-21(18(16)24)12-17(23)20-11-13-6-7-15-14(10-13)4-3-8-19-15/h3-4,6-8,10,16,22H,1-2,5,9,11-12H2,(H,20,23). The average molecular weight is 327 g/mol. The van der Waals surface area contributed by atoms with E-state index < -0.39 is 6.10 Å². The number of carbonyl (C=O) groups excluding carboxylic acids is 2. The lowest BCUT2D eigenvalue weighted by Gasteiger charge is -2.21. The van der Waals surface area contributed by atoms with E-state index in [1.807, 2.05) is 30.3 Å². The maximum Gasteiger partial charge on any atom is 0.251 e.